The summed E-state index contributed by atoms with van der Waals surface area (Å²) in [6.07, 6.45) is 2.55. The van der Waals surface area contributed by atoms with Crippen molar-refractivity contribution in [2.45, 2.75) is 39.7 Å². The molecule has 0 bridgehead atoms. The van der Waals surface area contributed by atoms with Crippen LogP contribution in [0, 0.1) is 5.92 Å². The first kappa shape index (κ1) is 15.7. The molecule has 18 heavy (non-hydrogen) atoms. The molecule has 3 heteroatoms. The van der Waals surface area contributed by atoms with Gasteiger partial charge in [-0.2, -0.15) is 0 Å². The van der Waals surface area contributed by atoms with Crippen molar-refractivity contribution in [1.82, 2.24) is 10.2 Å². The molecule has 0 amide bonds. The lowest BCUT2D eigenvalue weighted by atomic mass is 10.2. The zero-order chi connectivity index (χ0) is 13.4. The van der Waals surface area contributed by atoms with Crippen LogP contribution in [0.15, 0.2) is 17.5 Å². The van der Waals surface area contributed by atoms with E-state index in [4.69, 9.17) is 0 Å². The average molecular weight is 268 g/mol. The van der Waals surface area contributed by atoms with Crippen molar-refractivity contribution in [3.63, 3.8) is 0 Å². The fraction of sp³-hybridized carbons (Fsp3) is 0.733. The van der Waals surface area contributed by atoms with Crippen LogP contribution in [0.25, 0.3) is 0 Å². The Kier molecular flexibility index (Phi) is 7.56. The predicted molar refractivity (Wildman–Crippen MR) is 82.3 cm³/mol. The van der Waals surface area contributed by atoms with Crippen molar-refractivity contribution in [2.24, 2.45) is 5.92 Å². The third-order valence-corrected chi connectivity index (χ3v) is 4.33. The lowest BCUT2D eigenvalue weighted by Crippen LogP contribution is -2.25. The molecule has 0 fully saturated rings. The summed E-state index contributed by atoms with van der Waals surface area (Å²) in [7, 11) is 2.23. The topological polar surface area (TPSA) is 15.3 Å². The molecule has 2 nitrogen and oxygen atoms in total. The zero-order valence-corrected chi connectivity index (χ0v) is 13.1. The lowest BCUT2D eigenvalue weighted by molar-refractivity contribution is 0.259. The minimum Gasteiger partial charge on any atom is -0.316 e. The highest BCUT2D eigenvalue weighted by Gasteiger charge is 2.11. The highest BCUT2D eigenvalue weighted by atomic mass is 32.1. The first-order valence-electron chi connectivity index (χ1n) is 7.05. The van der Waals surface area contributed by atoms with Crippen LogP contribution in [0.3, 0.4) is 0 Å². The van der Waals surface area contributed by atoms with Gasteiger partial charge >= 0.3 is 0 Å². The zero-order valence-electron chi connectivity index (χ0n) is 12.3. The number of rotatable bonds is 9. The Morgan fingerprint density at radius 1 is 1.28 bits per heavy atom. The van der Waals surface area contributed by atoms with Gasteiger partial charge in [-0.3, -0.25) is 4.90 Å². The molecule has 0 aliphatic heterocycles. The molecule has 0 radical (unpaired) electrons. The Morgan fingerprint density at radius 3 is 2.67 bits per heavy atom. The standard InChI is InChI=1S/C15H28N2S/c1-13(2)12-16-9-5-6-10-17(4)14(3)15-8-7-11-18-15/h7-8,11,13-14,16H,5-6,9-10,12H2,1-4H3. The molecule has 0 aromatic carbocycles. The van der Waals surface area contributed by atoms with Crippen molar-refractivity contribution in [1.29, 1.82) is 0 Å². The molecule has 0 saturated heterocycles. The second-order valence-corrected chi connectivity index (χ2v) is 6.46. The van der Waals surface area contributed by atoms with E-state index in [9.17, 15) is 0 Å². The van der Waals surface area contributed by atoms with E-state index in [0.717, 1.165) is 19.0 Å². The van der Waals surface area contributed by atoms with Gasteiger partial charge in [-0.1, -0.05) is 19.9 Å². The largest absolute Gasteiger partial charge is 0.316 e. The van der Waals surface area contributed by atoms with Gasteiger partial charge < -0.3 is 5.32 Å². The van der Waals surface area contributed by atoms with Crippen LogP contribution in [0.5, 0.6) is 0 Å². The first-order chi connectivity index (χ1) is 8.61. The summed E-state index contributed by atoms with van der Waals surface area (Å²) in [5, 5.41) is 5.66. The number of nitrogens with zero attached hydrogens (tertiary/aromatic N) is 1. The number of unbranched alkanes of at least 4 members (excludes halogenated alkanes) is 1. The van der Waals surface area contributed by atoms with Crippen LogP contribution in [0.2, 0.25) is 0 Å². The summed E-state index contributed by atoms with van der Waals surface area (Å²) >= 11 is 1.86. The van der Waals surface area contributed by atoms with Crippen LogP contribution in [-0.2, 0) is 0 Å². The van der Waals surface area contributed by atoms with E-state index in [2.05, 4.69) is 55.5 Å². The number of nitrogens with one attached hydrogen (secondary N) is 1. The van der Waals surface area contributed by atoms with E-state index in [1.807, 2.05) is 11.3 Å². The second kappa shape index (κ2) is 8.68. The van der Waals surface area contributed by atoms with Crippen LogP contribution in [0.1, 0.15) is 44.5 Å². The molecule has 1 unspecified atom stereocenters. The van der Waals surface area contributed by atoms with Crippen molar-refractivity contribution in [3.8, 4) is 0 Å². The molecule has 1 aromatic heterocycles. The normalized spacial score (nSPS) is 13.4. The van der Waals surface area contributed by atoms with Crippen LogP contribution in [-0.4, -0.2) is 31.6 Å². The molecular weight excluding hydrogens is 240 g/mol. The molecule has 1 atom stereocenters. The smallest absolute Gasteiger partial charge is 0.0410 e. The molecule has 0 spiro atoms. The van der Waals surface area contributed by atoms with Gasteiger partial charge in [0.25, 0.3) is 0 Å². The third-order valence-electron chi connectivity index (χ3n) is 3.28. The fourth-order valence-electron chi connectivity index (χ4n) is 1.94. The van der Waals surface area contributed by atoms with Crippen molar-refractivity contribution in [3.05, 3.63) is 22.4 Å². The molecule has 1 aromatic rings. The molecule has 104 valence electrons. The molecule has 0 aliphatic rings. The SMILES string of the molecule is CC(C)CNCCCCN(C)C(C)c1cccs1. The highest BCUT2D eigenvalue weighted by molar-refractivity contribution is 7.10. The maximum absolute atomic E-state index is 3.50. The van der Waals surface area contributed by atoms with Gasteiger partial charge in [0.2, 0.25) is 0 Å². The summed E-state index contributed by atoms with van der Waals surface area (Å²) in [6, 6.07) is 4.92. The highest BCUT2D eigenvalue weighted by Crippen LogP contribution is 2.23. The van der Waals surface area contributed by atoms with E-state index >= 15 is 0 Å². The Bertz CT molecular complexity index is 295. The summed E-state index contributed by atoms with van der Waals surface area (Å²) in [6.45, 7) is 10.3. The fourth-order valence-corrected chi connectivity index (χ4v) is 2.79. The van der Waals surface area contributed by atoms with Crippen LogP contribution >= 0.6 is 11.3 Å². The Morgan fingerprint density at radius 2 is 2.06 bits per heavy atom. The monoisotopic (exact) mass is 268 g/mol. The van der Waals surface area contributed by atoms with Gasteiger partial charge in [-0.05, 0) is 63.8 Å². The van der Waals surface area contributed by atoms with E-state index in [1.165, 1.54) is 24.3 Å². The van der Waals surface area contributed by atoms with Gasteiger partial charge in [0.15, 0.2) is 0 Å². The Hall–Kier alpha value is -0.380. The maximum atomic E-state index is 3.50. The minimum atomic E-state index is 0.550. The number of hydrogen-bond acceptors (Lipinski definition) is 3. The average Bonchev–Trinajstić information content (AvgIpc) is 2.85. The molecule has 1 rings (SSSR count). The molecule has 0 saturated carbocycles. The molecule has 0 aliphatic carbocycles. The van der Waals surface area contributed by atoms with Crippen molar-refractivity contribution >= 4 is 11.3 Å². The number of hydrogen-bond donors (Lipinski definition) is 1. The van der Waals surface area contributed by atoms with Gasteiger partial charge in [-0.25, -0.2) is 0 Å². The van der Waals surface area contributed by atoms with Gasteiger partial charge in [0.05, 0.1) is 0 Å². The summed E-state index contributed by atoms with van der Waals surface area (Å²) < 4.78 is 0. The van der Waals surface area contributed by atoms with E-state index in [-0.39, 0.29) is 0 Å². The predicted octanol–water partition coefficient (Wildman–Crippen LogP) is 3.77. The minimum absolute atomic E-state index is 0.550. The van der Waals surface area contributed by atoms with E-state index in [0.29, 0.717) is 6.04 Å². The number of thiophene rings is 1. The maximum Gasteiger partial charge on any atom is 0.0410 e. The van der Waals surface area contributed by atoms with Crippen molar-refractivity contribution in [2.75, 3.05) is 26.7 Å². The Balaban J connectivity index is 2.08. The van der Waals surface area contributed by atoms with Gasteiger partial charge in [-0.15, -0.1) is 11.3 Å². The van der Waals surface area contributed by atoms with E-state index in [1.54, 1.807) is 0 Å². The first-order valence-corrected chi connectivity index (χ1v) is 7.93. The molecule has 1 heterocycles. The van der Waals surface area contributed by atoms with Gasteiger partial charge in [0.1, 0.15) is 0 Å². The van der Waals surface area contributed by atoms with Gasteiger partial charge in [0, 0.05) is 10.9 Å². The lowest BCUT2D eigenvalue weighted by Gasteiger charge is -2.23. The summed E-state index contributed by atoms with van der Waals surface area (Å²) in [5.41, 5.74) is 0. The Labute approximate surface area is 116 Å². The second-order valence-electron chi connectivity index (χ2n) is 5.48. The quantitative estimate of drug-likeness (QED) is 0.686. The summed E-state index contributed by atoms with van der Waals surface area (Å²) in [5.74, 6) is 0.756. The van der Waals surface area contributed by atoms with Crippen LogP contribution < -0.4 is 5.32 Å². The van der Waals surface area contributed by atoms with Crippen molar-refractivity contribution < 1.29 is 0 Å². The summed E-state index contributed by atoms with van der Waals surface area (Å²) in [4.78, 5) is 3.92. The van der Waals surface area contributed by atoms with E-state index < -0.39 is 0 Å². The van der Waals surface area contributed by atoms with Crippen LogP contribution in [0.4, 0.5) is 0 Å². The molecule has 1 N–H and O–H groups in total. The molecular formula is C15H28N2S. The third kappa shape index (κ3) is 5.98.